The Kier molecular flexibility index (Phi) is 6.72. The number of benzene rings is 1. The maximum absolute atomic E-state index is 12.1. The first-order valence-corrected chi connectivity index (χ1v) is 7.16. The SMILES string of the molecule is CCCN(C)c1ccc(C(=O)NC(C)CC(=O)OC)cc1. The van der Waals surface area contributed by atoms with Gasteiger partial charge in [0, 0.05) is 30.9 Å². The predicted molar refractivity (Wildman–Crippen MR) is 83.6 cm³/mol. The van der Waals surface area contributed by atoms with Crippen molar-refractivity contribution < 1.29 is 14.3 Å². The lowest BCUT2D eigenvalue weighted by Crippen LogP contribution is -2.34. The Morgan fingerprint density at radius 1 is 1.29 bits per heavy atom. The van der Waals surface area contributed by atoms with E-state index in [1.54, 1.807) is 19.1 Å². The first kappa shape index (κ1) is 17.0. The monoisotopic (exact) mass is 292 g/mol. The van der Waals surface area contributed by atoms with Crippen LogP contribution in [-0.2, 0) is 9.53 Å². The fourth-order valence-electron chi connectivity index (χ4n) is 2.02. The average Bonchev–Trinajstić information content (AvgIpc) is 2.47. The van der Waals surface area contributed by atoms with Gasteiger partial charge in [0.2, 0.25) is 0 Å². The highest BCUT2D eigenvalue weighted by Gasteiger charge is 2.13. The first-order chi connectivity index (χ1) is 9.97. The molecule has 0 saturated carbocycles. The number of ether oxygens (including phenoxy) is 1. The number of rotatable bonds is 7. The quantitative estimate of drug-likeness (QED) is 0.783. The zero-order valence-electron chi connectivity index (χ0n) is 13.2. The van der Waals surface area contributed by atoms with Crippen LogP contribution in [0, 0.1) is 0 Å². The van der Waals surface area contributed by atoms with Crippen LogP contribution in [0.3, 0.4) is 0 Å². The van der Waals surface area contributed by atoms with Crippen LogP contribution < -0.4 is 10.2 Å². The summed E-state index contributed by atoms with van der Waals surface area (Å²) in [7, 11) is 3.36. The molecule has 1 rings (SSSR count). The van der Waals surface area contributed by atoms with Crippen LogP contribution in [0.25, 0.3) is 0 Å². The molecule has 5 heteroatoms. The predicted octanol–water partition coefficient (Wildman–Crippen LogP) is 2.21. The van der Waals surface area contributed by atoms with Crippen LogP contribution in [-0.4, -0.2) is 38.6 Å². The van der Waals surface area contributed by atoms with E-state index in [1.165, 1.54) is 7.11 Å². The molecule has 1 aromatic rings. The Morgan fingerprint density at radius 2 is 1.90 bits per heavy atom. The normalized spacial score (nSPS) is 11.6. The minimum atomic E-state index is -0.334. The summed E-state index contributed by atoms with van der Waals surface area (Å²) in [5, 5.41) is 2.78. The molecule has 0 aliphatic rings. The summed E-state index contributed by atoms with van der Waals surface area (Å²) >= 11 is 0. The van der Waals surface area contributed by atoms with E-state index in [2.05, 4.69) is 21.9 Å². The van der Waals surface area contributed by atoms with Gasteiger partial charge in [-0.05, 0) is 37.6 Å². The van der Waals surface area contributed by atoms with Crippen LogP contribution in [0.1, 0.15) is 37.0 Å². The number of anilines is 1. The van der Waals surface area contributed by atoms with Crippen molar-refractivity contribution in [3.05, 3.63) is 29.8 Å². The van der Waals surface area contributed by atoms with Gasteiger partial charge in [0.1, 0.15) is 0 Å². The number of carbonyl (C=O) groups excluding carboxylic acids is 2. The number of esters is 1. The second-order valence-corrected chi connectivity index (χ2v) is 5.12. The van der Waals surface area contributed by atoms with E-state index >= 15 is 0 Å². The number of carbonyl (C=O) groups is 2. The third kappa shape index (κ3) is 5.45. The molecule has 5 nitrogen and oxygen atoms in total. The Bertz CT molecular complexity index is 471. The number of hydrogen-bond acceptors (Lipinski definition) is 4. The molecule has 0 heterocycles. The molecule has 0 aliphatic heterocycles. The largest absolute Gasteiger partial charge is 0.469 e. The second kappa shape index (κ2) is 8.29. The summed E-state index contributed by atoms with van der Waals surface area (Å²) in [4.78, 5) is 25.3. The molecule has 0 aliphatic carbocycles. The number of nitrogens with zero attached hydrogens (tertiary/aromatic N) is 1. The molecule has 1 amide bonds. The van der Waals surface area contributed by atoms with Crippen molar-refractivity contribution in [1.82, 2.24) is 5.32 Å². The van der Waals surface area contributed by atoms with Gasteiger partial charge in [-0.3, -0.25) is 9.59 Å². The van der Waals surface area contributed by atoms with Crippen LogP contribution in [0.15, 0.2) is 24.3 Å². The summed E-state index contributed by atoms with van der Waals surface area (Å²) in [6, 6.07) is 7.18. The van der Waals surface area contributed by atoms with Gasteiger partial charge in [0.15, 0.2) is 0 Å². The first-order valence-electron chi connectivity index (χ1n) is 7.16. The van der Waals surface area contributed by atoms with Crippen molar-refractivity contribution in [2.75, 3.05) is 25.6 Å². The van der Waals surface area contributed by atoms with E-state index in [4.69, 9.17) is 0 Å². The Labute approximate surface area is 126 Å². The van der Waals surface area contributed by atoms with Gasteiger partial charge in [-0.25, -0.2) is 0 Å². The Morgan fingerprint density at radius 3 is 2.43 bits per heavy atom. The molecule has 0 saturated heterocycles. The Hall–Kier alpha value is -2.04. The summed E-state index contributed by atoms with van der Waals surface area (Å²) in [5.41, 5.74) is 1.66. The van der Waals surface area contributed by atoms with Gasteiger partial charge in [-0.15, -0.1) is 0 Å². The molecule has 0 aromatic heterocycles. The molecule has 116 valence electrons. The van der Waals surface area contributed by atoms with Gasteiger partial charge < -0.3 is 15.0 Å². The van der Waals surface area contributed by atoms with E-state index in [1.807, 2.05) is 19.2 Å². The van der Waals surface area contributed by atoms with E-state index in [0.717, 1.165) is 18.7 Å². The average molecular weight is 292 g/mol. The van der Waals surface area contributed by atoms with Crippen molar-refractivity contribution in [1.29, 1.82) is 0 Å². The molecular weight excluding hydrogens is 268 g/mol. The van der Waals surface area contributed by atoms with Gasteiger partial charge >= 0.3 is 5.97 Å². The molecule has 1 unspecified atom stereocenters. The van der Waals surface area contributed by atoms with E-state index < -0.39 is 0 Å². The number of amides is 1. The maximum atomic E-state index is 12.1. The van der Waals surface area contributed by atoms with Crippen molar-refractivity contribution in [3.8, 4) is 0 Å². The second-order valence-electron chi connectivity index (χ2n) is 5.12. The molecule has 1 aromatic carbocycles. The van der Waals surface area contributed by atoms with Crippen LogP contribution in [0.5, 0.6) is 0 Å². The summed E-state index contributed by atoms with van der Waals surface area (Å²) < 4.78 is 4.58. The topological polar surface area (TPSA) is 58.6 Å². The van der Waals surface area contributed by atoms with Crippen LogP contribution >= 0.6 is 0 Å². The smallest absolute Gasteiger partial charge is 0.307 e. The Balaban J connectivity index is 2.60. The fraction of sp³-hybridized carbons (Fsp3) is 0.500. The highest BCUT2D eigenvalue weighted by Crippen LogP contribution is 2.14. The minimum Gasteiger partial charge on any atom is -0.469 e. The zero-order chi connectivity index (χ0) is 15.8. The van der Waals surface area contributed by atoms with Crippen molar-refractivity contribution in [2.24, 2.45) is 0 Å². The fourth-order valence-corrected chi connectivity index (χ4v) is 2.02. The highest BCUT2D eigenvalue weighted by atomic mass is 16.5. The minimum absolute atomic E-state index is 0.166. The molecular formula is C16H24N2O3. The van der Waals surface area contributed by atoms with Crippen LogP contribution in [0.2, 0.25) is 0 Å². The molecule has 0 bridgehead atoms. The zero-order valence-corrected chi connectivity index (χ0v) is 13.2. The van der Waals surface area contributed by atoms with E-state index in [9.17, 15) is 9.59 Å². The van der Waals surface area contributed by atoms with Gasteiger partial charge in [-0.2, -0.15) is 0 Å². The van der Waals surface area contributed by atoms with Crippen LogP contribution in [0.4, 0.5) is 5.69 Å². The molecule has 0 radical (unpaired) electrons. The third-order valence-corrected chi connectivity index (χ3v) is 3.21. The van der Waals surface area contributed by atoms with E-state index in [-0.39, 0.29) is 24.3 Å². The van der Waals surface area contributed by atoms with Gasteiger partial charge in [-0.1, -0.05) is 6.92 Å². The molecule has 21 heavy (non-hydrogen) atoms. The standard InChI is InChI=1S/C16H24N2O3/c1-5-10-18(3)14-8-6-13(7-9-14)16(20)17-12(2)11-15(19)21-4/h6-9,12H,5,10-11H2,1-4H3,(H,17,20). The summed E-state index contributed by atoms with van der Waals surface area (Å²) in [5.74, 6) is -0.518. The van der Waals surface area contributed by atoms with Gasteiger partial charge in [0.05, 0.1) is 13.5 Å². The number of hydrogen-bond donors (Lipinski definition) is 1. The highest BCUT2D eigenvalue weighted by molar-refractivity contribution is 5.94. The third-order valence-electron chi connectivity index (χ3n) is 3.21. The molecule has 1 N–H and O–H groups in total. The van der Waals surface area contributed by atoms with Crippen molar-refractivity contribution in [2.45, 2.75) is 32.7 Å². The summed E-state index contributed by atoms with van der Waals surface area (Å²) in [6.45, 7) is 4.88. The molecule has 0 fully saturated rings. The molecule has 1 atom stereocenters. The molecule has 0 spiro atoms. The maximum Gasteiger partial charge on any atom is 0.307 e. The lowest BCUT2D eigenvalue weighted by atomic mass is 10.1. The van der Waals surface area contributed by atoms with Crippen molar-refractivity contribution in [3.63, 3.8) is 0 Å². The number of nitrogens with one attached hydrogen (secondary N) is 1. The van der Waals surface area contributed by atoms with Gasteiger partial charge in [0.25, 0.3) is 5.91 Å². The lowest BCUT2D eigenvalue weighted by Gasteiger charge is -2.18. The summed E-state index contributed by atoms with van der Waals surface area (Å²) in [6.07, 6.45) is 1.24. The number of methoxy groups -OCH3 is 1. The lowest BCUT2D eigenvalue weighted by molar-refractivity contribution is -0.141. The van der Waals surface area contributed by atoms with Crippen molar-refractivity contribution >= 4 is 17.6 Å². The van der Waals surface area contributed by atoms with E-state index in [0.29, 0.717) is 5.56 Å².